The van der Waals surface area contributed by atoms with Crippen molar-refractivity contribution in [2.75, 3.05) is 13.7 Å². The van der Waals surface area contributed by atoms with E-state index in [0.717, 1.165) is 12.1 Å². The molecule has 1 unspecified atom stereocenters. The number of hydrogen-bond acceptors (Lipinski definition) is 4. The van der Waals surface area contributed by atoms with Gasteiger partial charge in [0.15, 0.2) is 17.5 Å². The van der Waals surface area contributed by atoms with E-state index in [1.54, 1.807) is 0 Å². The number of ether oxygens (including phenoxy) is 1. The van der Waals surface area contributed by atoms with Gasteiger partial charge < -0.3 is 19.9 Å². The van der Waals surface area contributed by atoms with Crippen LogP contribution in [0.3, 0.4) is 0 Å². The summed E-state index contributed by atoms with van der Waals surface area (Å²) in [6.45, 7) is 1.58. The van der Waals surface area contributed by atoms with E-state index in [1.807, 2.05) is 0 Å². The average Bonchev–Trinajstić information content (AvgIpc) is 3.13. The van der Waals surface area contributed by atoms with E-state index < -0.39 is 41.5 Å². The molecular weight excluding hydrogens is 365 g/mol. The van der Waals surface area contributed by atoms with Gasteiger partial charge in [-0.1, -0.05) is 6.07 Å². The van der Waals surface area contributed by atoms with Crippen LogP contribution in [0.25, 0.3) is 0 Å². The summed E-state index contributed by atoms with van der Waals surface area (Å²) in [5.41, 5.74) is 0.754. The third-order valence-corrected chi connectivity index (χ3v) is 4.44. The largest absolute Gasteiger partial charge is 0.467 e. The minimum absolute atomic E-state index is 0.151. The third kappa shape index (κ3) is 3.34. The van der Waals surface area contributed by atoms with Crippen LogP contribution in [0.5, 0.6) is 0 Å². The van der Waals surface area contributed by atoms with Crippen molar-refractivity contribution in [3.8, 4) is 0 Å². The van der Waals surface area contributed by atoms with Crippen LogP contribution >= 0.6 is 0 Å². The van der Waals surface area contributed by atoms with Crippen LogP contribution in [0, 0.1) is 17.5 Å². The second-order valence-corrected chi connectivity index (χ2v) is 6.07. The second-order valence-electron chi connectivity index (χ2n) is 6.07. The van der Waals surface area contributed by atoms with Crippen molar-refractivity contribution in [3.05, 3.63) is 52.9 Å². The summed E-state index contributed by atoms with van der Waals surface area (Å²) in [6, 6.07) is -0.845. The highest BCUT2D eigenvalue weighted by atomic mass is 19.2. The zero-order chi connectivity index (χ0) is 19.7. The molecule has 7 nitrogen and oxygen atoms in total. The first-order chi connectivity index (χ1) is 12.8. The van der Waals surface area contributed by atoms with Gasteiger partial charge in [-0.15, -0.1) is 0 Å². The number of carbonyl (C=O) groups is 2. The Balaban J connectivity index is 2.00. The lowest BCUT2D eigenvalue weighted by Crippen LogP contribution is -2.50. The van der Waals surface area contributed by atoms with Gasteiger partial charge >= 0.3 is 12.0 Å². The highest BCUT2D eigenvalue weighted by Crippen LogP contribution is 2.35. The zero-order valence-electron chi connectivity index (χ0n) is 14.6. The van der Waals surface area contributed by atoms with Crippen LogP contribution in [0.1, 0.15) is 29.9 Å². The molecule has 0 spiro atoms. The predicted octanol–water partition coefficient (Wildman–Crippen LogP) is 2.05. The number of benzene rings is 1. The van der Waals surface area contributed by atoms with Gasteiger partial charge in [-0.25, -0.2) is 27.7 Å². The van der Waals surface area contributed by atoms with Gasteiger partial charge in [0.2, 0.25) is 0 Å². The van der Waals surface area contributed by atoms with E-state index >= 15 is 0 Å². The first-order valence-electron chi connectivity index (χ1n) is 8.15. The van der Waals surface area contributed by atoms with Crippen LogP contribution in [-0.2, 0) is 16.0 Å². The standard InChI is InChI=1S/C17H17F3N4O3/c1-8(16(25)27-2)23-17(26)24-6-5-11-14(22-7-21-11)15(24)9-3-4-10(18)13(20)12(9)19/h3-4,7-8,15H,5-6H2,1-2H3,(H,21,22)(H,23,26)/t8-,15?/m0/s1. The second kappa shape index (κ2) is 7.29. The molecule has 2 aromatic rings. The number of halogens is 3. The maximum absolute atomic E-state index is 14.4. The fourth-order valence-electron chi connectivity index (χ4n) is 3.07. The molecule has 1 aliphatic heterocycles. The molecule has 0 saturated heterocycles. The Morgan fingerprint density at radius 2 is 2.07 bits per heavy atom. The SMILES string of the molecule is COC(=O)[C@H](C)NC(=O)N1CCc2[nH]cnc2C1c1ccc(F)c(F)c1F. The highest BCUT2D eigenvalue weighted by Gasteiger charge is 2.37. The number of imidazole rings is 1. The van der Waals surface area contributed by atoms with Gasteiger partial charge in [-0.2, -0.15) is 0 Å². The molecule has 1 aromatic heterocycles. The van der Waals surface area contributed by atoms with Gasteiger partial charge in [-0.05, 0) is 13.0 Å². The average molecular weight is 382 g/mol. The highest BCUT2D eigenvalue weighted by molar-refractivity contribution is 5.83. The maximum atomic E-state index is 14.4. The maximum Gasteiger partial charge on any atom is 0.328 e. The van der Waals surface area contributed by atoms with Crippen molar-refractivity contribution >= 4 is 12.0 Å². The molecule has 0 bridgehead atoms. The number of methoxy groups -OCH3 is 1. The van der Waals surface area contributed by atoms with Crippen molar-refractivity contribution < 1.29 is 27.5 Å². The minimum Gasteiger partial charge on any atom is -0.467 e. The van der Waals surface area contributed by atoms with Crippen LogP contribution < -0.4 is 5.32 Å². The van der Waals surface area contributed by atoms with Gasteiger partial charge in [0.05, 0.1) is 19.1 Å². The van der Waals surface area contributed by atoms with Gasteiger partial charge in [0.25, 0.3) is 0 Å². The number of nitrogens with zero attached hydrogens (tertiary/aromatic N) is 2. The van der Waals surface area contributed by atoms with E-state index in [4.69, 9.17) is 0 Å². The lowest BCUT2D eigenvalue weighted by molar-refractivity contribution is -0.142. The van der Waals surface area contributed by atoms with Crippen molar-refractivity contribution in [3.63, 3.8) is 0 Å². The predicted molar refractivity (Wildman–Crippen MR) is 87.2 cm³/mol. The van der Waals surface area contributed by atoms with Crippen LogP contribution in [0.4, 0.5) is 18.0 Å². The molecule has 2 atom stereocenters. The van der Waals surface area contributed by atoms with Crippen LogP contribution in [0.2, 0.25) is 0 Å². The van der Waals surface area contributed by atoms with E-state index in [-0.39, 0.29) is 12.1 Å². The molecule has 2 amide bonds. The van der Waals surface area contributed by atoms with Crippen molar-refractivity contribution in [1.82, 2.24) is 20.2 Å². The molecule has 3 rings (SSSR count). The molecular formula is C17H17F3N4O3. The molecule has 2 N–H and O–H groups in total. The molecule has 10 heteroatoms. The monoisotopic (exact) mass is 382 g/mol. The third-order valence-electron chi connectivity index (χ3n) is 4.44. The molecule has 0 fully saturated rings. The summed E-state index contributed by atoms with van der Waals surface area (Å²) in [4.78, 5) is 32.5. The molecule has 0 aliphatic carbocycles. The van der Waals surface area contributed by atoms with E-state index in [1.165, 1.54) is 25.3 Å². The summed E-state index contributed by atoms with van der Waals surface area (Å²) < 4.78 is 46.1. The normalized spacial score (nSPS) is 17.2. The number of urea groups is 1. The van der Waals surface area contributed by atoms with Gasteiger partial charge in [0.1, 0.15) is 12.1 Å². The summed E-state index contributed by atoms with van der Waals surface area (Å²) in [5, 5.41) is 2.45. The quantitative estimate of drug-likeness (QED) is 0.628. The molecule has 2 heterocycles. The first-order valence-corrected chi connectivity index (χ1v) is 8.15. The summed E-state index contributed by atoms with van der Waals surface area (Å²) in [5.74, 6) is -5.01. The number of aromatic nitrogens is 2. The van der Waals surface area contributed by atoms with Gasteiger partial charge in [0, 0.05) is 24.2 Å². The van der Waals surface area contributed by atoms with E-state index in [9.17, 15) is 22.8 Å². The molecule has 0 saturated carbocycles. The number of amides is 2. The number of esters is 1. The Morgan fingerprint density at radius 3 is 2.78 bits per heavy atom. The Morgan fingerprint density at radius 1 is 1.33 bits per heavy atom. The van der Waals surface area contributed by atoms with Crippen molar-refractivity contribution in [2.24, 2.45) is 0 Å². The fourth-order valence-corrected chi connectivity index (χ4v) is 3.07. The van der Waals surface area contributed by atoms with E-state index in [2.05, 4.69) is 20.0 Å². The summed E-state index contributed by atoms with van der Waals surface area (Å²) in [7, 11) is 1.18. The summed E-state index contributed by atoms with van der Waals surface area (Å²) >= 11 is 0. The van der Waals surface area contributed by atoms with Crippen LogP contribution in [0.15, 0.2) is 18.5 Å². The van der Waals surface area contributed by atoms with Crippen molar-refractivity contribution in [2.45, 2.75) is 25.4 Å². The number of aromatic amines is 1. The fraction of sp³-hybridized carbons (Fsp3) is 0.353. The number of carbonyl (C=O) groups excluding carboxylic acids is 2. The van der Waals surface area contributed by atoms with Crippen molar-refractivity contribution in [1.29, 1.82) is 0 Å². The number of hydrogen-bond donors (Lipinski definition) is 2. The molecule has 1 aliphatic rings. The smallest absolute Gasteiger partial charge is 0.328 e. The molecule has 0 radical (unpaired) electrons. The van der Waals surface area contributed by atoms with Gasteiger partial charge in [-0.3, -0.25) is 0 Å². The Kier molecular flexibility index (Phi) is 5.06. The number of nitrogens with one attached hydrogen (secondary N) is 2. The minimum atomic E-state index is -1.63. The number of H-pyrrole nitrogens is 1. The Hall–Kier alpha value is -3.04. The first kappa shape index (κ1) is 18.7. The Bertz CT molecular complexity index is 886. The zero-order valence-corrected chi connectivity index (χ0v) is 14.6. The number of rotatable bonds is 3. The molecule has 27 heavy (non-hydrogen) atoms. The number of fused-ring (bicyclic) bond motifs is 1. The van der Waals surface area contributed by atoms with Crippen LogP contribution in [-0.4, -0.2) is 46.6 Å². The molecule has 144 valence electrons. The summed E-state index contributed by atoms with van der Waals surface area (Å²) in [6.07, 6.45) is 1.78. The molecule has 1 aromatic carbocycles. The Labute approximate surface area is 152 Å². The lowest BCUT2D eigenvalue weighted by atomic mass is 9.95. The lowest BCUT2D eigenvalue weighted by Gasteiger charge is -2.35. The van der Waals surface area contributed by atoms with E-state index in [0.29, 0.717) is 17.8 Å². The topological polar surface area (TPSA) is 87.3 Å².